The maximum Gasteiger partial charge on any atom is 0.265 e. The van der Waals surface area contributed by atoms with Gasteiger partial charge in [-0.2, -0.15) is 0 Å². The molecule has 0 radical (unpaired) electrons. The number of amides is 1. The lowest BCUT2D eigenvalue weighted by atomic mass is 10.2. The Labute approximate surface area is 98.7 Å². The Hall–Kier alpha value is -1.31. The van der Waals surface area contributed by atoms with Crippen LogP contribution in [0.4, 0.5) is 0 Å². The smallest absolute Gasteiger partial charge is 0.265 e. The van der Waals surface area contributed by atoms with Gasteiger partial charge in [0.15, 0.2) is 0 Å². The zero-order chi connectivity index (χ0) is 11.5. The highest BCUT2D eigenvalue weighted by Crippen LogP contribution is 2.28. The topological polar surface area (TPSA) is 40.5 Å². The fourth-order valence-corrected chi connectivity index (χ4v) is 2.33. The zero-order valence-electron chi connectivity index (χ0n) is 9.06. The molecule has 0 atom stereocenters. The van der Waals surface area contributed by atoms with Crippen LogP contribution in [0.1, 0.15) is 28.1 Å². The Balaban J connectivity index is 2.19. The Morgan fingerprint density at radius 2 is 2.44 bits per heavy atom. The molecule has 84 valence electrons. The van der Waals surface area contributed by atoms with Crippen molar-refractivity contribution in [1.82, 2.24) is 4.90 Å². The van der Waals surface area contributed by atoms with Crippen molar-refractivity contribution in [2.75, 3.05) is 13.7 Å². The summed E-state index contributed by atoms with van der Waals surface area (Å²) in [6, 6.07) is 2.23. The van der Waals surface area contributed by atoms with Gasteiger partial charge in [-0.25, -0.2) is 0 Å². The van der Waals surface area contributed by atoms with E-state index >= 15 is 0 Å². The van der Waals surface area contributed by atoms with Crippen LogP contribution in [0.15, 0.2) is 11.4 Å². The molecule has 0 bridgehead atoms. The Morgan fingerprint density at radius 3 is 3.06 bits per heavy atom. The Kier molecular flexibility index (Phi) is 3.28. The molecule has 0 spiro atoms. The first kappa shape index (κ1) is 11.2. The molecule has 2 rings (SSSR count). The molecule has 1 aliphatic rings. The van der Waals surface area contributed by atoms with Crippen LogP contribution in [0, 0.1) is 11.8 Å². The van der Waals surface area contributed by atoms with Gasteiger partial charge in [0.25, 0.3) is 5.91 Å². The lowest BCUT2D eigenvalue weighted by Crippen LogP contribution is -2.28. The van der Waals surface area contributed by atoms with Crippen molar-refractivity contribution in [2.24, 2.45) is 0 Å². The molecular formula is C12H13NO2S. The van der Waals surface area contributed by atoms with Crippen LogP contribution < -0.4 is 0 Å². The highest BCUT2D eigenvalue weighted by atomic mass is 32.1. The molecule has 1 amide bonds. The number of nitrogens with zero attached hydrogens (tertiary/aromatic N) is 1. The predicted molar refractivity (Wildman–Crippen MR) is 63.4 cm³/mol. The van der Waals surface area contributed by atoms with Gasteiger partial charge in [0.05, 0.1) is 0 Å². The van der Waals surface area contributed by atoms with E-state index in [9.17, 15) is 4.79 Å². The standard InChI is InChI=1S/C12H13NO2S/c1-13(10-4-5-10)12(15)11-9(3-2-7-14)6-8-16-11/h6,8,10,14H,4-5,7H2,1H3. The lowest BCUT2D eigenvalue weighted by molar-refractivity contribution is 0.0789. The molecule has 1 N–H and O–H groups in total. The SMILES string of the molecule is CN(C(=O)c1sccc1C#CCO)C1CC1. The molecule has 1 aromatic rings. The van der Waals surface area contributed by atoms with E-state index in [0.29, 0.717) is 10.9 Å². The van der Waals surface area contributed by atoms with Gasteiger partial charge < -0.3 is 10.0 Å². The number of thiophene rings is 1. The van der Waals surface area contributed by atoms with E-state index in [-0.39, 0.29) is 12.5 Å². The van der Waals surface area contributed by atoms with Gasteiger partial charge in [-0.15, -0.1) is 11.3 Å². The van der Waals surface area contributed by atoms with Gasteiger partial charge >= 0.3 is 0 Å². The molecule has 16 heavy (non-hydrogen) atoms. The van der Waals surface area contributed by atoms with E-state index in [4.69, 9.17) is 5.11 Å². The van der Waals surface area contributed by atoms with Crippen LogP contribution in [-0.4, -0.2) is 35.6 Å². The first-order valence-electron chi connectivity index (χ1n) is 5.18. The van der Waals surface area contributed by atoms with Crippen LogP contribution in [0.5, 0.6) is 0 Å². The summed E-state index contributed by atoms with van der Waals surface area (Å²) in [6.07, 6.45) is 2.20. The van der Waals surface area contributed by atoms with Crippen molar-refractivity contribution >= 4 is 17.2 Å². The largest absolute Gasteiger partial charge is 0.384 e. The second kappa shape index (κ2) is 4.69. The molecule has 1 heterocycles. The third-order valence-electron chi connectivity index (χ3n) is 2.58. The molecule has 4 heteroatoms. The summed E-state index contributed by atoms with van der Waals surface area (Å²) in [5.74, 6) is 5.41. The summed E-state index contributed by atoms with van der Waals surface area (Å²) < 4.78 is 0. The number of hydrogen-bond acceptors (Lipinski definition) is 3. The summed E-state index contributed by atoms with van der Waals surface area (Å²) in [5, 5.41) is 10.5. The van der Waals surface area contributed by atoms with E-state index < -0.39 is 0 Å². The minimum atomic E-state index is -0.179. The Bertz CT molecular complexity index is 451. The molecule has 0 saturated heterocycles. The second-order valence-corrected chi connectivity index (χ2v) is 4.69. The van der Waals surface area contributed by atoms with Gasteiger partial charge in [0.2, 0.25) is 0 Å². The number of rotatable bonds is 2. The van der Waals surface area contributed by atoms with Gasteiger partial charge in [-0.05, 0) is 24.3 Å². The van der Waals surface area contributed by atoms with Gasteiger partial charge in [-0.3, -0.25) is 4.79 Å². The second-order valence-electron chi connectivity index (χ2n) is 3.77. The first-order chi connectivity index (χ1) is 7.74. The summed E-state index contributed by atoms with van der Waals surface area (Å²) in [4.78, 5) is 14.5. The van der Waals surface area contributed by atoms with Crippen LogP contribution in [0.3, 0.4) is 0 Å². The van der Waals surface area contributed by atoms with E-state index in [1.54, 1.807) is 4.90 Å². The number of aliphatic hydroxyl groups is 1. The Morgan fingerprint density at radius 1 is 1.69 bits per heavy atom. The quantitative estimate of drug-likeness (QED) is 0.786. The fourth-order valence-electron chi connectivity index (χ4n) is 1.50. The third-order valence-corrected chi connectivity index (χ3v) is 3.48. The maximum atomic E-state index is 12.1. The number of hydrogen-bond donors (Lipinski definition) is 1. The van der Waals surface area contributed by atoms with Gasteiger partial charge in [0.1, 0.15) is 11.5 Å². The molecule has 3 nitrogen and oxygen atoms in total. The summed E-state index contributed by atoms with van der Waals surface area (Å²) in [5.41, 5.74) is 0.719. The minimum Gasteiger partial charge on any atom is -0.384 e. The van der Waals surface area contributed by atoms with Crippen molar-refractivity contribution in [1.29, 1.82) is 0 Å². The lowest BCUT2D eigenvalue weighted by Gasteiger charge is -2.15. The molecule has 1 fully saturated rings. The van der Waals surface area contributed by atoms with Crippen LogP contribution in [0.25, 0.3) is 0 Å². The monoisotopic (exact) mass is 235 g/mol. The van der Waals surface area contributed by atoms with Crippen molar-refractivity contribution in [2.45, 2.75) is 18.9 Å². The number of carbonyl (C=O) groups excluding carboxylic acids is 1. The molecule has 0 aromatic carbocycles. The number of carbonyl (C=O) groups is 1. The highest BCUT2D eigenvalue weighted by molar-refractivity contribution is 7.12. The number of aliphatic hydroxyl groups excluding tert-OH is 1. The maximum absolute atomic E-state index is 12.1. The van der Waals surface area contributed by atoms with Crippen LogP contribution in [0.2, 0.25) is 0 Å². The average Bonchev–Trinajstić information content (AvgIpc) is 3.04. The summed E-state index contributed by atoms with van der Waals surface area (Å²) in [6.45, 7) is -0.179. The van der Waals surface area contributed by atoms with Crippen molar-refractivity contribution in [3.8, 4) is 11.8 Å². The first-order valence-corrected chi connectivity index (χ1v) is 6.06. The fraction of sp³-hybridized carbons (Fsp3) is 0.417. The van der Waals surface area contributed by atoms with E-state index in [2.05, 4.69) is 11.8 Å². The molecule has 1 aromatic heterocycles. The van der Waals surface area contributed by atoms with E-state index in [1.165, 1.54) is 11.3 Å². The molecule has 0 aliphatic heterocycles. The normalized spacial score (nSPS) is 14.1. The van der Waals surface area contributed by atoms with Crippen molar-refractivity contribution < 1.29 is 9.90 Å². The van der Waals surface area contributed by atoms with Crippen molar-refractivity contribution in [3.63, 3.8) is 0 Å². The van der Waals surface area contributed by atoms with Crippen LogP contribution >= 0.6 is 11.3 Å². The summed E-state index contributed by atoms with van der Waals surface area (Å²) >= 11 is 1.41. The minimum absolute atomic E-state index is 0.0414. The average molecular weight is 235 g/mol. The van der Waals surface area contributed by atoms with Gasteiger partial charge in [-0.1, -0.05) is 11.8 Å². The van der Waals surface area contributed by atoms with E-state index in [1.807, 2.05) is 18.5 Å². The zero-order valence-corrected chi connectivity index (χ0v) is 9.88. The van der Waals surface area contributed by atoms with E-state index in [0.717, 1.165) is 18.4 Å². The molecule has 1 saturated carbocycles. The molecule has 0 unspecified atom stereocenters. The van der Waals surface area contributed by atoms with Crippen LogP contribution in [-0.2, 0) is 0 Å². The third kappa shape index (κ3) is 2.26. The molecular weight excluding hydrogens is 222 g/mol. The molecule has 1 aliphatic carbocycles. The van der Waals surface area contributed by atoms with Gasteiger partial charge in [0, 0.05) is 18.7 Å². The highest BCUT2D eigenvalue weighted by Gasteiger charge is 2.31. The predicted octanol–water partition coefficient (Wildman–Crippen LogP) is 1.33. The van der Waals surface area contributed by atoms with Crippen molar-refractivity contribution in [3.05, 3.63) is 21.9 Å². The summed E-state index contributed by atoms with van der Waals surface area (Å²) in [7, 11) is 1.84.